The topological polar surface area (TPSA) is 42.0 Å². The Morgan fingerprint density at radius 2 is 2.00 bits per heavy atom. The van der Waals surface area contributed by atoms with E-state index in [1.54, 1.807) is 12.4 Å². The van der Waals surface area contributed by atoms with Crippen molar-refractivity contribution >= 4 is 21.8 Å². The molecule has 0 spiro atoms. The second kappa shape index (κ2) is 5.98. The minimum Gasteiger partial charge on any atom is -0.347 e. The molecular formula is C17H17BrN2O. The van der Waals surface area contributed by atoms with Crippen molar-refractivity contribution in [2.75, 3.05) is 0 Å². The highest BCUT2D eigenvalue weighted by molar-refractivity contribution is 9.10. The molecule has 1 N–H and O–H groups in total. The molecule has 1 fully saturated rings. The molecule has 1 saturated carbocycles. The first-order chi connectivity index (χ1) is 10.2. The van der Waals surface area contributed by atoms with Gasteiger partial charge in [0.1, 0.15) is 0 Å². The van der Waals surface area contributed by atoms with Gasteiger partial charge in [0, 0.05) is 23.3 Å². The first-order valence-corrected chi connectivity index (χ1v) is 7.93. The molecule has 0 bridgehead atoms. The number of amides is 1. The maximum atomic E-state index is 12.2. The van der Waals surface area contributed by atoms with E-state index in [1.807, 2.05) is 24.3 Å². The summed E-state index contributed by atoms with van der Waals surface area (Å²) in [6, 6.07) is 12.1. The predicted octanol–water partition coefficient (Wildman–Crippen LogP) is 3.58. The van der Waals surface area contributed by atoms with Crippen molar-refractivity contribution in [3.05, 3.63) is 64.4 Å². The van der Waals surface area contributed by atoms with Crippen LogP contribution in [-0.2, 0) is 16.8 Å². The van der Waals surface area contributed by atoms with Crippen molar-refractivity contribution < 1.29 is 4.79 Å². The Morgan fingerprint density at radius 1 is 1.24 bits per heavy atom. The average molecular weight is 345 g/mol. The van der Waals surface area contributed by atoms with Crippen LogP contribution in [0.1, 0.15) is 30.4 Å². The van der Waals surface area contributed by atoms with Crippen LogP contribution < -0.4 is 5.32 Å². The van der Waals surface area contributed by atoms with Crippen LogP contribution in [0.2, 0.25) is 0 Å². The summed E-state index contributed by atoms with van der Waals surface area (Å²) < 4.78 is 1.05. The lowest BCUT2D eigenvalue weighted by molar-refractivity contribution is -0.122. The van der Waals surface area contributed by atoms with Crippen molar-refractivity contribution in [2.45, 2.75) is 31.2 Å². The average Bonchev–Trinajstić information content (AvgIpc) is 3.27. The third-order valence-corrected chi connectivity index (χ3v) is 4.39. The van der Waals surface area contributed by atoms with Crippen molar-refractivity contribution in [2.24, 2.45) is 0 Å². The zero-order valence-corrected chi connectivity index (χ0v) is 13.3. The summed E-state index contributed by atoms with van der Waals surface area (Å²) in [7, 11) is 0. The fourth-order valence-electron chi connectivity index (χ4n) is 2.53. The standard InChI is InChI=1S/C17H17BrN2O/c18-15-3-1-2-14(12-15)17(8-9-17)20-16(21)5-4-13-6-10-19-11-7-13/h1-3,6-7,10-12H,4-5,8-9H2,(H,20,21). The third kappa shape index (κ3) is 3.50. The van der Waals surface area contributed by atoms with Gasteiger partial charge < -0.3 is 5.32 Å². The van der Waals surface area contributed by atoms with Gasteiger partial charge in [-0.1, -0.05) is 28.1 Å². The molecule has 0 aliphatic heterocycles. The van der Waals surface area contributed by atoms with Crippen molar-refractivity contribution in [1.82, 2.24) is 10.3 Å². The van der Waals surface area contributed by atoms with Crippen LogP contribution >= 0.6 is 15.9 Å². The fourth-order valence-corrected chi connectivity index (χ4v) is 2.93. The number of carbonyl (C=O) groups is 1. The Kier molecular flexibility index (Phi) is 4.06. The molecule has 1 aliphatic rings. The molecule has 1 aliphatic carbocycles. The zero-order valence-electron chi connectivity index (χ0n) is 11.7. The van der Waals surface area contributed by atoms with Crippen LogP contribution in [-0.4, -0.2) is 10.9 Å². The first kappa shape index (κ1) is 14.3. The van der Waals surface area contributed by atoms with E-state index < -0.39 is 0 Å². The highest BCUT2D eigenvalue weighted by atomic mass is 79.9. The molecule has 0 radical (unpaired) electrons. The van der Waals surface area contributed by atoms with E-state index in [0.29, 0.717) is 6.42 Å². The Labute approximate surface area is 132 Å². The van der Waals surface area contributed by atoms with Crippen LogP contribution in [0, 0.1) is 0 Å². The van der Waals surface area contributed by atoms with E-state index in [0.717, 1.165) is 29.3 Å². The molecule has 0 atom stereocenters. The lowest BCUT2D eigenvalue weighted by Crippen LogP contribution is -2.34. The van der Waals surface area contributed by atoms with Crippen LogP contribution in [0.5, 0.6) is 0 Å². The predicted molar refractivity (Wildman–Crippen MR) is 85.8 cm³/mol. The molecule has 1 aromatic heterocycles. The van der Waals surface area contributed by atoms with E-state index in [9.17, 15) is 4.79 Å². The number of aromatic nitrogens is 1. The Bertz CT molecular complexity index is 638. The number of aryl methyl sites for hydroxylation is 1. The molecule has 3 nitrogen and oxygen atoms in total. The van der Waals surface area contributed by atoms with Gasteiger partial charge >= 0.3 is 0 Å². The lowest BCUT2D eigenvalue weighted by atomic mass is 10.0. The van der Waals surface area contributed by atoms with Crippen molar-refractivity contribution in [1.29, 1.82) is 0 Å². The fraction of sp³-hybridized carbons (Fsp3) is 0.294. The number of nitrogens with zero attached hydrogens (tertiary/aromatic N) is 1. The summed E-state index contributed by atoms with van der Waals surface area (Å²) in [4.78, 5) is 16.2. The van der Waals surface area contributed by atoms with E-state index in [4.69, 9.17) is 0 Å². The van der Waals surface area contributed by atoms with Gasteiger partial charge in [-0.15, -0.1) is 0 Å². The van der Waals surface area contributed by atoms with Crippen molar-refractivity contribution in [3.8, 4) is 0 Å². The number of hydrogen-bond donors (Lipinski definition) is 1. The molecule has 1 heterocycles. The van der Waals surface area contributed by atoms with Gasteiger partial charge in [-0.05, 0) is 54.7 Å². The smallest absolute Gasteiger partial charge is 0.221 e. The third-order valence-electron chi connectivity index (χ3n) is 3.90. The summed E-state index contributed by atoms with van der Waals surface area (Å²) in [5, 5.41) is 3.21. The molecule has 0 unspecified atom stereocenters. The van der Waals surface area contributed by atoms with Gasteiger partial charge in [0.15, 0.2) is 0 Å². The maximum absolute atomic E-state index is 12.2. The van der Waals surface area contributed by atoms with Gasteiger partial charge in [-0.25, -0.2) is 0 Å². The summed E-state index contributed by atoms with van der Waals surface area (Å²) in [6.45, 7) is 0. The van der Waals surface area contributed by atoms with E-state index in [1.165, 1.54) is 5.56 Å². The van der Waals surface area contributed by atoms with Gasteiger partial charge in [-0.3, -0.25) is 9.78 Å². The number of nitrogens with one attached hydrogen (secondary N) is 1. The minimum atomic E-state index is -0.140. The second-order valence-corrected chi connectivity index (χ2v) is 6.41. The SMILES string of the molecule is O=C(CCc1ccncc1)NC1(c2cccc(Br)c2)CC1. The molecule has 108 valence electrons. The van der Waals surface area contributed by atoms with E-state index >= 15 is 0 Å². The number of carbonyl (C=O) groups excluding carboxylic acids is 1. The molecule has 1 amide bonds. The molecule has 1 aromatic carbocycles. The summed E-state index contributed by atoms with van der Waals surface area (Å²) in [6.07, 6.45) is 6.83. The molecule has 2 aromatic rings. The molecule has 21 heavy (non-hydrogen) atoms. The van der Waals surface area contributed by atoms with Crippen LogP contribution in [0.15, 0.2) is 53.3 Å². The monoisotopic (exact) mass is 344 g/mol. The zero-order chi connectivity index (χ0) is 14.7. The minimum absolute atomic E-state index is 0.115. The van der Waals surface area contributed by atoms with Crippen LogP contribution in [0.3, 0.4) is 0 Å². The summed E-state index contributed by atoms with van der Waals surface area (Å²) in [5.74, 6) is 0.115. The van der Waals surface area contributed by atoms with Gasteiger partial charge in [0.2, 0.25) is 5.91 Å². The normalized spacial score (nSPS) is 15.5. The number of benzene rings is 1. The number of hydrogen-bond acceptors (Lipinski definition) is 2. The van der Waals surface area contributed by atoms with E-state index in [2.05, 4.69) is 38.4 Å². The van der Waals surface area contributed by atoms with Gasteiger partial charge in [-0.2, -0.15) is 0 Å². The van der Waals surface area contributed by atoms with Gasteiger partial charge in [0.05, 0.1) is 5.54 Å². The Balaban J connectivity index is 1.60. The molecule has 0 saturated heterocycles. The molecule has 3 rings (SSSR count). The highest BCUT2D eigenvalue weighted by Gasteiger charge is 2.45. The highest BCUT2D eigenvalue weighted by Crippen LogP contribution is 2.46. The number of rotatable bonds is 5. The van der Waals surface area contributed by atoms with E-state index in [-0.39, 0.29) is 11.4 Å². The lowest BCUT2D eigenvalue weighted by Gasteiger charge is -2.18. The summed E-state index contributed by atoms with van der Waals surface area (Å²) in [5.41, 5.74) is 2.20. The second-order valence-electron chi connectivity index (χ2n) is 5.50. The summed E-state index contributed by atoms with van der Waals surface area (Å²) >= 11 is 3.49. The molecular weight excluding hydrogens is 328 g/mol. The Morgan fingerprint density at radius 3 is 2.67 bits per heavy atom. The number of pyridine rings is 1. The first-order valence-electron chi connectivity index (χ1n) is 7.14. The quantitative estimate of drug-likeness (QED) is 0.900. The largest absolute Gasteiger partial charge is 0.347 e. The van der Waals surface area contributed by atoms with Crippen LogP contribution in [0.25, 0.3) is 0 Å². The van der Waals surface area contributed by atoms with Crippen molar-refractivity contribution in [3.63, 3.8) is 0 Å². The molecule has 4 heteroatoms. The Hall–Kier alpha value is -1.68. The number of halogens is 1. The maximum Gasteiger partial charge on any atom is 0.221 e. The van der Waals surface area contributed by atoms with Gasteiger partial charge in [0.25, 0.3) is 0 Å². The van der Waals surface area contributed by atoms with Crippen LogP contribution in [0.4, 0.5) is 0 Å².